The summed E-state index contributed by atoms with van der Waals surface area (Å²) in [5, 5.41) is 3.59. The van der Waals surface area contributed by atoms with E-state index in [1.807, 2.05) is 0 Å². The Balaban J connectivity index is 1.87. The monoisotopic (exact) mass is 238 g/mol. The molecule has 1 aliphatic carbocycles. The van der Waals surface area contributed by atoms with Crippen LogP contribution in [0.15, 0.2) is 0 Å². The van der Waals surface area contributed by atoms with Gasteiger partial charge in [0.2, 0.25) is 0 Å². The summed E-state index contributed by atoms with van der Waals surface area (Å²) in [5.41, 5.74) is 0. The maximum atomic E-state index is 3.59. The molecule has 17 heavy (non-hydrogen) atoms. The lowest BCUT2D eigenvalue weighted by Gasteiger charge is -2.45. The Kier molecular flexibility index (Phi) is 4.48. The molecule has 2 nitrogen and oxygen atoms in total. The van der Waals surface area contributed by atoms with Crippen LogP contribution in [-0.2, 0) is 0 Å². The highest BCUT2D eigenvalue weighted by Crippen LogP contribution is 2.33. The fourth-order valence-electron chi connectivity index (χ4n) is 3.66. The number of hydrogen-bond donors (Lipinski definition) is 1. The van der Waals surface area contributed by atoms with E-state index < -0.39 is 0 Å². The van der Waals surface area contributed by atoms with E-state index in [0.717, 1.165) is 23.9 Å². The van der Waals surface area contributed by atoms with E-state index in [9.17, 15) is 0 Å². The molecular weight excluding hydrogens is 208 g/mol. The van der Waals surface area contributed by atoms with Crippen LogP contribution in [0.2, 0.25) is 0 Å². The van der Waals surface area contributed by atoms with Crippen LogP contribution in [0.3, 0.4) is 0 Å². The summed E-state index contributed by atoms with van der Waals surface area (Å²) in [6.45, 7) is 11.9. The lowest BCUT2D eigenvalue weighted by Crippen LogP contribution is -2.58. The van der Waals surface area contributed by atoms with Gasteiger partial charge in [-0.05, 0) is 51.4 Å². The average Bonchev–Trinajstić information content (AvgIpc) is 2.32. The summed E-state index contributed by atoms with van der Waals surface area (Å²) >= 11 is 0. The second kappa shape index (κ2) is 5.71. The van der Waals surface area contributed by atoms with Gasteiger partial charge in [-0.1, -0.05) is 13.8 Å². The third-order valence-electron chi connectivity index (χ3n) is 4.97. The molecule has 0 radical (unpaired) electrons. The van der Waals surface area contributed by atoms with Crippen LogP contribution in [0.5, 0.6) is 0 Å². The summed E-state index contributed by atoms with van der Waals surface area (Å²) in [6, 6.07) is 2.27. The molecule has 1 N–H and O–H groups in total. The van der Waals surface area contributed by atoms with Gasteiger partial charge in [0.25, 0.3) is 0 Å². The van der Waals surface area contributed by atoms with Crippen molar-refractivity contribution in [3.63, 3.8) is 0 Å². The average molecular weight is 238 g/mol. The number of piperazine rings is 1. The minimum absolute atomic E-state index is 0.675. The molecule has 0 spiro atoms. The van der Waals surface area contributed by atoms with Gasteiger partial charge in [-0.2, -0.15) is 0 Å². The van der Waals surface area contributed by atoms with Gasteiger partial charge >= 0.3 is 0 Å². The molecule has 1 heterocycles. The van der Waals surface area contributed by atoms with Crippen molar-refractivity contribution >= 4 is 0 Å². The quantitative estimate of drug-likeness (QED) is 0.796. The predicted molar refractivity (Wildman–Crippen MR) is 74.2 cm³/mol. The Morgan fingerprint density at radius 2 is 1.71 bits per heavy atom. The highest BCUT2D eigenvalue weighted by molar-refractivity contribution is 4.89. The van der Waals surface area contributed by atoms with E-state index >= 15 is 0 Å². The lowest BCUT2D eigenvalue weighted by molar-refractivity contribution is 0.0583. The zero-order valence-corrected chi connectivity index (χ0v) is 12.1. The fourth-order valence-corrected chi connectivity index (χ4v) is 3.66. The van der Waals surface area contributed by atoms with Crippen molar-refractivity contribution in [1.82, 2.24) is 10.2 Å². The van der Waals surface area contributed by atoms with E-state index in [2.05, 4.69) is 37.9 Å². The molecule has 2 atom stereocenters. The van der Waals surface area contributed by atoms with Crippen molar-refractivity contribution in [2.75, 3.05) is 13.1 Å². The molecule has 0 aromatic rings. The first-order valence-corrected chi connectivity index (χ1v) is 7.57. The van der Waals surface area contributed by atoms with Gasteiger partial charge in [-0.15, -0.1) is 0 Å². The Bertz CT molecular complexity index is 231. The topological polar surface area (TPSA) is 15.3 Å². The Morgan fingerprint density at radius 3 is 2.29 bits per heavy atom. The van der Waals surface area contributed by atoms with E-state index in [1.165, 1.54) is 38.8 Å². The third kappa shape index (κ3) is 3.23. The molecule has 2 fully saturated rings. The highest BCUT2D eigenvalue weighted by Gasteiger charge is 2.32. The normalized spacial score (nSPS) is 40.8. The largest absolute Gasteiger partial charge is 0.311 e. The summed E-state index contributed by atoms with van der Waals surface area (Å²) in [6.07, 6.45) is 5.76. The summed E-state index contributed by atoms with van der Waals surface area (Å²) in [7, 11) is 0. The molecule has 2 unspecified atom stereocenters. The molecule has 0 aromatic carbocycles. The molecule has 1 saturated carbocycles. The van der Waals surface area contributed by atoms with Crippen LogP contribution in [0, 0.1) is 11.8 Å². The smallest absolute Gasteiger partial charge is 0.0196 e. The van der Waals surface area contributed by atoms with Crippen molar-refractivity contribution in [3.8, 4) is 0 Å². The molecule has 0 aromatic heterocycles. The van der Waals surface area contributed by atoms with Crippen LogP contribution in [0.25, 0.3) is 0 Å². The van der Waals surface area contributed by atoms with Crippen LogP contribution in [0.1, 0.15) is 53.4 Å². The first kappa shape index (κ1) is 13.4. The Hall–Kier alpha value is -0.0800. The predicted octanol–water partition coefficient (Wildman–Crippen LogP) is 2.88. The standard InChI is InChI=1S/C15H30N2/c1-11(2)14-5-7-15(8-6-14)17-10-12(3)16-9-13(17)4/h11-16H,5-10H2,1-4H3. The zero-order valence-electron chi connectivity index (χ0n) is 12.1. The molecular formula is C15H30N2. The van der Waals surface area contributed by atoms with Crippen molar-refractivity contribution < 1.29 is 0 Å². The van der Waals surface area contributed by atoms with E-state index in [-0.39, 0.29) is 0 Å². The minimum atomic E-state index is 0.675. The fraction of sp³-hybridized carbons (Fsp3) is 1.00. The molecule has 2 aliphatic rings. The van der Waals surface area contributed by atoms with Gasteiger partial charge < -0.3 is 5.32 Å². The van der Waals surface area contributed by atoms with Gasteiger partial charge in [0.15, 0.2) is 0 Å². The molecule has 100 valence electrons. The second-order valence-electron chi connectivity index (χ2n) is 6.67. The summed E-state index contributed by atoms with van der Waals surface area (Å²) < 4.78 is 0. The molecule has 2 heteroatoms. The number of rotatable bonds is 2. The van der Waals surface area contributed by atoms with E-state index in [1.54, 1.807) is 0 Å². The van der Waals surface area contributed by atoms with Crippen LogP contribution < -0.4 is 5.32 Å². The van der Waals surface area contributed by atoms with Gasteiger partial charge in [0.1, 0.15) is 0 Å². The molecule has 0 bridgehead atoms. The van der Waals surface area contributed by atoms with Crippen molar-refractivity contribution in [1.29, 1.82) is 0 Å². The zero-order chi connectivity index (χ0) is 12.4. The first-order chi connectivity index (χ1) is 8.08. The van der Waals surface area contributed by atoms with E-state index in [0.29, 0.717) is 6.04 Å². The highest BCUT2D eigenvalue weighted by atomic mass is 15.2. The van der Waals surface area contributed by atoms with Gasteiger partial charge in [-0.25, -0.2) is 0 Å². The second-order valence-corrected chi connectivity index (χ2v) is 6.67. The van der Waals surface area contributed by atoms with Gasteiger partial charge in [0, 0.05) is 31.2 Å². The molecule has 1 saturated heterocycles. The van der Waals surface area contributed by atoms with Crippen molar-refractivity contribution in [2.24, 2.45) is 11.8 Å². The van der Waals surface area contributed by atoms with Crippen LogP contribution in [-0.4, -0.2) is 36.1 Å². The number of hydrogen-bond acceptors (Lipinski definition) is 2. The SMILES string of the molecule is CC1CN(C2CCC(C(C)C)CC2)C(C)CN1. The number of nitrogens with one attached hydrogen (secondary N) is 1. The Morgan fingerprint density at radius 1 is 1.06 bits per heavy atom. The Labute approximate surface area is 107 Å². The lowest BCUT2D eigenvalue weighted by atomic mass is 9.79. The maximum absolute atomic E-state index is 3.59. The van der Waals surface area contributed by atoms with Gasteiger partial charge in [0.05, 0.1) is 0 Å². The first-order valence-electron chi connectivity index (χ1n) is 7.57. The van der Waals surface area contributed by atoms with Crippen LogP contribution in [0.4, 0.5) is 0 Å². The van der Waals surface area contributed by atoms with Crippen molar-refractivity contribution in [2.45, 2.75) is 71.5 Å². The number of nitrogens with zero attached hydrogens (tertiary/aromatic N) is 1. The third-order valence-corrected chi connectivity index (χ3v) is 4.97. The van der Waals surface area contributed by atoms with E-state index in [4.69, 9.17) is 0 Å². The van der Waals surface area contributed by atoms with Gasteiger partial charge in [-0.3, -0.25) is 4.90 Å². The van der Waals surface area contributed by atoms with Crippen molar-refractivity contribution in [3.05, 3.63) is 0 Å². The minimum Gasteiger partial charge on any atom is -0.311 e. The summed E-state index contributed by atoms with van der Waals surface area (Å²) in [5.74, 6) is 1.87. The van der Waals surface area contributed by atoms with Crippen LogP contribution >= 0.6 is 0 Å². The molecule has 2 rings (SSSR count). The molecule has 1 aliphatic heterocycles. The molecule has 0 amide bonds. The summed E-state index contributed by atoms with van der Waals surface area (Å²) in [4.78, 5) is 2.78. The maximum Gasteiger partial charge on any atom is 0.0196 e.